The molecule has 0 bridgehead atoms. The molecule has 0 aliphatic carbocycles. The number of amides is 2. The zero-order valence-electron chi connectivity index (χ0n) is 17.4. The minimum atomic E-state index is -3.31. The Labute approximate surface area is 183 Å². The van der Waals surface area contributed by atoms with Gasteiger partial charge in [0.1, 0.15) is 0 Å². The average molecular weight is 442 g/mol. The van der Waals surface area contributed by atoms with E-state index in [-0.39, 0.29) is 17.6 Å². The lowest BCUT2D eigenvalue weighted by molar-refractivity contribution is -0.128. The van der Waals surface area contributed by atoms with Crippen molar-refractivity contribution in [2.24, 2.45) is 0 Å². The maximum absolute atomic E-state index is 12.6. The van der Waals surface area contributed by atoms with Gasteiger partial charge in [-0.1, -0.05) is 30.3 Å². The van der Waals surface area contributed by atoms with Crippen molar-refractivity contribution in [3.63, 3.8) is 0 Å². The Hall–Kier alpha value is -2.87. The quantitative estimate of drug-likeness (QED) is 0.747. The van der Waals surface area contributed by atoms with Crippen molar-refractivity contribution in [1.29, 1.82) is 0 Å². The fraction of sp³-hybridized carbons (Fsp3) is 0.391. The predicted molar refractivity (Wildman–Crippen MR) is 119 cm³/mol. The molecule has 2 saturated heterocycles. The lowest BCUT2D eigenvalue weighted by Gasteiger charge is -2.28. The van der Waals surface area contributed by atoms with Gasteiger partial charge in [0.05, 0.1) is 11.4 Å². The zero-order valence-corrected chi connectivity index (χ0v) is 18.2. The van der Waals surface area contributed by atoms with E-state index in [1.165, 1.54) is 4.31 Å². The zero-order chi connectivity index (χ0) is 21.8. The highest BCUT2D eigenvalue weighted by atomic mass is 32.2. The number of anilines is 1. The van der Waals surface area contributed by atoms with Gasteiger partial charge >= 0.3 is 0 Å². The predicted octanol–water partition coefficient (Wildman–Crippen LogP) is 2.67. The van der Waals surface area contributed by atoms with Crippen LogP contribution in [-0.4, -0.2) is 44.0 Å². The standard InChI is InChI=1S/C23H27N3O4S/c27-22-7-4-12-25(22)17-19-10-8-18(9-11-19)16-24-23(28)20-5-3-6-21(15-20)26-13-1-2-14-31(26,29)30/h3,5-6,8-11,15H,1-2,4,7,12-14,16-17H2,(H,24,28). The Morgan fingerprint density at radius 1 is 0.968 bits per heavy atom. The van der Waals surface area contributed by atoms with E-state index >= 15 is 0 Å². The Bertz CT molecular complexity index is 1070. The molecule has 8 heteroatoms. The summed E-state index contributed by atoms with van der Waals surface area (Å²) in [4.78, 5) is 26.3. The second-order valence-corrected chi connectivity index (χ2v) is 10.1. The van der Waals surface area contributed by atoms with E-state index in [1.807, 2.05) is 29.2 Å². The molecule has 2 aromatic rings. The maximum Gasteiger partial charge on any atom is 0.251 e. The molecule has 2 amide bonds. The number of nitrogens with zero attached hydrogens (tertiary/aromatic N) is 2. The fourth-order valence-electron chi connectivity index (χ4n) is 4.02. The normalized spacial score (nSPS) is 18.3. The smallest absolute Gasteiger partial charge is 0.251 e. The van der Waals surface area contributed by atoms with E-state index in [2.05, 4.69) is 5.32 Å². The molecule has 7 nitrogen and oxygen atoms in total. The molecule has 2 aliphatic rings. The third-order valence-corrected chi connectivity index (χ3v) is 7.64. The Morgan fingerprint density at radius 2 is 1.74 bits per heavy atom. The Balaban J connectivity index is 1.36. The van der Waals surface area contributed by atoms with Gasteiger partial charge in [-0.2, -0.15) is 0 Å². The summed E-state index contributed by atoms with van der Waals surface area (Å²) < 4.78 is 26.1. The molecule has 2 fully saturated rings. The summed E-state index contributed by atoms with van der Waals surface area (Å²) >= 11 is 0. The summed E-state index contributed by atoms with van der Waals surface area (Å²) in [6.45, 7) is 2.25. The van der Waals surface area contributed by atoms with Gasteiger partial charge in [0.15, 0.2) is 0 Å². The first kappa shape index (κ1) is 21.4. The van der Waals surface area contributed by atoms with Crippen LogP contribution in [-0.2, 0) is 27.9 Å². The summed E-state index contributed by atoms with van der Waals surface area (Å²) in [6, 6.07) is 14.6. The summed E-state index contributed by atoms with van der Waals surface area (Å²) in [5.41, 5.74) is 3.00. The van der Waals surface area contributed by atoms with Gasteiger partial charge in [0.2, 0.25) is 15.9 Å². The van der Waals surface area contributed by atoms with Gasteiger partial charge < -0.3 is 10.2 Å². The van der Waals surface area contributed by atoms with Gasteiger partial charge in [-0.25, -0.2) is 8.42 Å². The van der Waals surface area contributed by atoms with E-state index in [4.69, 9.17) is 0 Å². The van der Waals surface area contributed by atoms with Crippen LogP contribution in [0.1, 0.15) is 47.2 Å². The third kappa shape index (κ3) is 5.07. The van der Waals surface area contributed by atoms with Crippen LogP contribution in [0.2, 0.25) is 0 Å². The fourth-order valence-corrected chi connectivity index (χ4v) is 5.65. The summed E-state index contributed by atoms with van der Waals surface area (Å²) in [5.74, 6) is 0.102. The number of hydrogen-bond acceptors (Lipinski definition) is 4. The van der Waals surface area contributed by atoms with Crippen molar-refractivity contribution in [2.75, 3.05) is 23.1 Å². The van der Waals surface area contributed by atoms with Gasteiger partial charge in [-0.05, 0) is 48.6 Å². The molecule has 2 aliphatic heterocycles. The van der Waals surface area contributed by atoms with E-state index < -0.39 is 10.0 Å². The highest BCUT2D eigenvalue weighted by Crippen LogP contribution is 2.24. The van der Waals surface area contributed by atoms with E-state index in [9.17, 15) is 18.0 Å². The van der Waals surface area contributed by atoms with Gasteiger partial charge in [-0.3, -0.25) is 13.9 Å². The highest BCUT2D eigenvalue weighted by molar-refractivity contribution is 7.92. The molecular weight excluding hydrogens is 414 g/mol. The third-order valence-electron chi connectivity index (χ3n) is 5.77. The molecule has 0 unspecified atom stereocenters. The van der Waals surface area contributed by atoms with Gasteiger partial charge in [-0.15, -0.1) is 0 Å². The molecule has 2 heterocycles. The topological polar surface area (TPSA) is 86.8 Å². The number of benzene rings is 2. The van der Waals surface area contributed by atoms with Gasteiger partial charge in [0, 0.05) is 38.2 Å². The molecule has 2 aromatic carbocycles. The lowest BCUT2D eigenvalue weighted by atomic mass is 10.1. The van der Waals surface area contributed by atoms with Crippen molar-refractivity contribution in [3.05, 3.63) is 65.2 Å². The minimum absolute atomic E-state index is 0.144. The minimum Gasteiger partial charge on any atom is -0.348 e. The number of nitrogens with one attached hydrogen (secondary N) is 1. The number of likely N-dealkylation sites (tertiary alicyclic amines) is 1. The average Bonchev–Trinajstić information content (AvgIpc) is 3.17. The van der Waals surface area contributed by atoms with Crippen molar-refractivity contribution in [3.8, 4) is 0 Å². The van der Waals surface area contributed by atoms with Crippen molar-refractivity contribution in [2.45, 2.75) is 38.8 Å². The molecule has 1 N–H and O–H groups in total. The molecule has 31 heavy (non-hydrogen) atoms. The number of rotatable bonds is 6. The maximum atomic E-state index is 12.6. The second-order valence-electron chi connectivity index (χ2n) is 8.06. The molecule has 0 atom stereocenters. The van der Waals surface area contributed by atoms with Crippen LogP contribution in [0.25, 0.3) is 0 Å². The first-order valence-electron chi connectivity index (χ1n) is 10.7. The molecule has 4 rings (SSSR count). The van der Waals surface area contributed by atoms with Crippen LogP contribution in [0.4, 0.5) is 5.69 Å². The van der Waals surface area contributed by atoms with E-state index in [0.29, 0.717) is 43.7 Å². The van der Waals surface area contributed by atoms with Crippen LogP contribution in [0.15, 0.2) is 48.5 Å². The van der Waals surface area contributed by atoms with Crippen molar-refractivity contribution < 1.29 is 18.0 Å². The van der Waals surface area contributed by atoms with Crippen LogP contribution < -0.4 is 9.62 Å². The second kappa shape index (κ2) is 9.09. The lowest BCUT2D eigenvalue weighted by Crippen LogP contribution is -2.38. The molecule has 0 aromatic heterocycles. The van der Waals surface area contributed by atoms with Crippen LogP contribution in [0.3, 0.4) is 0 Å². The molecule has 0 spiro atoms. The SMILES string of the molecule is O=C(NCc1ccc(CN2CCCC2=O)cc1)c1cccc(N2CCCCS2(=O)=O)c1. The number of carbonyl (C=O) groups excluding carboxylic acids is 2. The summed E-state index contributed by atoms with van der Waals surface area (Å²) in [6.07, 6.45) is 3.05. The highest BCUT2D eigenvalue weighted by Gasteiger charge is 2.26. The largest absolute Gasteiger partial charge is 0.348 e. The van der Waals surface area contributed by atoms with Crippen molar-refractivity contribution >= 4 is 27.5 Å². The monoisotopic (exact) mass is 441 g/mol. The molecule has 164 valence electrons. The Morgan fingerprint density at radius 3 is 2.45 bits per heavy atom. The van der Waals surface area contributed by atoms with Crippen molar-refractivity contribution in [1.82, 2.24) is 10.2 Å². The van der Waals surface area contributed by atoms with Crippen LogP contribution >= 0.6 is 0 Å². The summed E-state index contributed by atoms with van der Waals surface area (Å²) in [7, 11) is -3.31. The van der Waals surface area contributed by atoms with E-state index in [0.717, 1.165) is 30.5 Å². The van der Waals surface area contributed by atoms with Crippen LogP contribution in [0, 0.1) is 0 Å². The number of carbonyl (C=O) groups is 2. The van der Waals surface area contributed by atoms with Gasteiger partial charge in [0.25, 0.3) is 5.91 Å². The Kier molecular flexibility index (Phi) is 6.27. The van der Waals surface area contributed by atoms with E-state index in [1.54, 1.807) is 24.3 Å². The number of sulfonamides is 1. The summed E-state index contributed by atoms with van der Waals surface area (Å²) in [5, 5.41) is 2.89. The number of hydrogen-bond donors (Lipinski definition) is 1. The molecule has 0 saturated carbocycles. The first-order valence-corrected chi connectivity index (χ1v) is 12.3. The van der Waals surface area contributed by atoms with Crippen LogP contribution in [0.5, 0.6) is 0 Å². The molecule has 0 radical (unpaired) electrons. The first-order chi connectivity index (χ1) is 14.9. The molecular formula is C23H27N3O4S.